The Morgan fingerprint density at radius 2 is 1.76 bits per heavy atom. The van der Waals surface area contributed by atoms with Crippen LogP contribution in [0.5, 0.6) is 0 Å². The van der Waals surface area contributed by atoms with Gasteiger partial charge in [0.05, 0.1) is 10.6 Å². The second kappa shape index (κ2) is 4.82. The van der Waals surface area contributed by atoms with Crippen molar-refractivity contribution in [3.05, 3.63) is 29.8 Å². The van der Waals surface area contributed by atoms with Gasteiger partial charge in [0.1, 0.15) is 0 Å². The molecule has 4 heteroatoms. The zero-order chi connectivity index (χ0) is 15.3. The molecule has 0 aromatic heterocycles. The molecule has 0 radical (unpaired) electrons. The average molecular weight is 307 g/mol. The summed E-state index contributed by atoms with van der Waals surface area (Å²) in [6.45, 7) is 5.18. The van der Waals surface area contributed by atoms with Crippen LogP contribution >= 0.6 is 0 Å². The second-order valence-corrected chi connectivity index (χ2v) is 9.61. The van der Waals surface area contributed by atoms with Crippen molar-refractivity contribution in [2.75, 3.05) is 12.3 Å². The van der Waals surface area contributed by atoms with Crippen molar-refractivity contribution < 1.29 is 8.42 Å². The third-order valence-corrected chi connectivity index (χ3v) is 7.57. The third kappa shape index (κ3) is 2.42. The van der Waals surface area contributed by atoms with E-state index in [1.54, 1.807) is 6.07 Å². The lowest BCUT2D eigenvalue weighted by Gasteiger charge is -2.46. The van der Waals surface area contributed by atoms with E-state index in [1.807, 2.05) is 18.2 Å². The number of fused-ring (bicyclic) bond motifs is 1. The van der Waals surface area contributed by atoms with Crippen molar-refractivity contribution in [1.82, 2.24) is 0 Å². The predicted octanol–water partition coefficient (Wildman–Crippen LogP) is 3.10. The first-order valence-corrected chi connectivity index (χ1v) is 9.47. The number of hydrogen-bond donors (Lipinski definition) is 1. The molecule has 3 rings (SSSR count). The van der Waals surface area contributed by atoms with E-state index in [1.165, 1.54) is 0 Å². The van der Waals surface area contributed by atoms with Crippen molar-refractivity contribution in [2.24, 2.45) is 16.6 Å². The number of rotatable bonds is 2. The fourth-order valence-electron chi connectivity index (χ4n) is 4.08. The van der Waals surface area contributed by atoms with Crippen LogP contribution in [-0.4, -0.2) is 20.7 Å². The van der Waals surface area contributed by atoms with Crippen LogP contribution in [0.2, 0.25) is 0 Å². The maximum atomic E-state index is 12.5. The number of hydrogen-bond acceptors (Lipinski definition) is 3. The van der Waals surface area contributed by atoms with E-state index in [-0.39, 0.29) is 17.1 Å². The highest BCUT2D eigenvalue weighted by Gasteiger charge is 2.49. The van der Waals surface area contributed by atoms with Gasteiger partial charge in [0, 0.05) is 5.92 Å². The topological polar surface area (TPSA) is 60.2 Å². The summed E-state index contributed by atoms with van der Waals surface area (Å²) in [5.41, 5.74) is 7.47. The van der Waals surface area contributed by atoms with Crippen LogP contribution in [0.4, 0.5) is 0 Å². The largest absolute Gasteiger partial charge is 0.330 e. The molecular formula is C17H25NO2S. The van der Waals surface area contributed by atoms with Gasteiger partial charge < -0.3 is 5.73 Å². The van der Waals surface area contributed by atoms with Crippen LogP contribution in [0.25, 0.3) is 0 Å². The minimum Gasteiger partial charge on any atom is -0.330 e. The van der Waals surface area contributed by atoms with Gasteiger partial charge in [0.15, 0.2) is 9.84 Å². The fraction of sp³-hybridized carbons (Fsp3) is 0.647. The van der Waals surface area contributed by atoms with Gasteiger partial charge in [-0.15, -0.1) is 0 Å². The summed E-state index contributed by atoms with van der Waals surface area (Å²) in [5, 5.41) is 0. The molecule has 1 saturated carbocycles. The summed E-state index contributed by atoms with van der Waals surface area (Å²) in [5.74, 6) is 0.309. The lowest BCUT2D eigenvalue weighted by molar-refractivity contribution is 0.0879. The summed E-state index contributed by atoms with van der Waals surface area (Å²) >= 11 is 0. The van der Waals surface area contributed by atoms with E-state index in [9.17, 15) is 8.42 Å². The predicted molar refractivity (Wildman–Crippen MR) is 85.0 cm³/mol. The maximum Gasteiger partial charge on any atom is 0.179 e. The Morgan fingerprint density at radius 1 is 1.14 bits per heavy atom. The van der Waals surface area contributed by atoms with E-state index in [2.05, 4.69) is 13.8 Å². The third-order valence-electron chi connectivity index (χ3n) is 5.76. The van der Waals surface area contributed by atoms with E-state index >= 15 is 0 Å². The molecule has 1 heterocycles. The molecule has 1 aromatic rings. The van der Waals surface area contributed by atoms with E-state index in [0.717, 1.165) is 31.2 Å². The quantitative estimate of drug-likeness (QED) is 0.913. The number of nitrogens with two attached hydrogens (primary N) is 1. The van der Waals surface area contributed by atoms with Crippen LogP contribution in [0, 0.1) is 10.8 Å². The first kappa shape index (κ1) is 15.0. The molecule has 116 valence electrons. The molecule has 3 nitrogen and oxygen atoms in total. The Hall–Kier alpha value is -0.870. The molecule has 1 aromatic carbocycles. The minimum atomic E-state index is -3.14. The van der Waals surface area contributed by atoms with Gasteiger partial charge in [0.25, 0.3) is 0 Å². The molecule has 21 heavy (non-hydrogen) atoms. The summed E-state index contributed by atoms with van der Waals surface area (Å²) in [6.07, 6.45) is 4.32. The van der Waals surface area contributed by atoms with Crippen LogP contribution in [0.1, 0.15) is 51.0 Å². The fourth-order valence-corrected chi connectivity index (χ4v) is 6.08. The minimum absolute atomic E-state index is 0.0464. The van der Waals surface area contributed by atoms with E-state index in [0.29, 0.717) is 16.9 Å². The Labute approximate surface area is 127 Å². The molecule has 1 aliphatic heterocycles. The number of benzene rings is 1. The van der Waals surface area contributed by atoms with Crippen molar-refractivity contribution in [3.63, 3.8) is 0 Å². The van der Waals surface area contributed by atoms with Gasteiger partial charge in [-0.2, -0.15) is 0 Å². The first-order chi connectivity index (χ1) is 9.80. The Morgan fingerprint density at radius 3 is 2.38 bits per heavy atom. The standard InChI is InChI=1S/C17H25NO2S/c1-16(2)7-9-17(12-18,10-8-16)14-11-21(19,20)15-6-4-3-5-13(14)15/h3-6,14H,7-12,18H2,1-2H3. The average Bonchev–Trinajstić information content (AvgIpc) is 2.73. The highest BCUT2D eigenvalue weighted by atomic mass is 32.2. The monoisotopic (exact) mass is 307 g/mol. The highest BCUT2D eigenvalue weighted by molar-refractivity contribution is 7.91. The van der Waals surface area contributed by atoms with Crippen LogP contribution < -0.4 is 5.73 Å². The molecule has 0 saturated heterocycles. The molecule has 1 atom stereocenters. The summed E-state index contributed by atoms with van der Waals surface area (Å²) in [6, 6.07) is 7.50. The van der Waals surface area contributed by atoms with Crippen molar-refractivity contribution in [1.29, 1.82) is 0 Å². The molecular weight excluding hydrogens is 282 g/mol. The van der Waals surface area contributed by atoms with Gasteiger partial charge in [-0.1, -0.05) is 32.0 Å². The van der Waals surface area contributed by atoms with Crippen LogP contribution in [0.3, 0.4) is 0 Å². The zero-order valence-corrected chi connectivity index (χ0v) is 13.7. The van der Waals surface area contributed by atoms with Crippen molar-refractivity contribution in [2.45, 2.75) is 50.3 Å². The zero-order valence-electron chi connectivity index (χ0n) is 12.9. The van der Waals surface area contributed by atoms with Gasteiger partial charge in [-0.25, -0.2) is 8.42 Å². The normalized spacial score (nSPS) is 29.0. The van der Waals surface area contributed by atoms with Crippen LogP contribution in [0.15, 0.2) is 29.2 Å². The lowest BCUT2D eigenvalue weighted by atomic mass is 9.59. The Balaban J connectivity index is 2.01. The molecule has 2 N–H and O–H groups in total. The van der Waals surface area contributed by atoms with Gasteiger partial charge in [-0.3, -0.25) is 0 Å². The molecule has 0 spiro atoms. The molecule has 0 amide bonds. The Kier molecular flexibility index (Phi) is 3.45. The smallest absolute Gasteiger partial charge is 0.179 e. The summed E-state index contributed by atoms with van der Waals surface area (Å²) < 4.78 is 24.9. The van der Waals surface area contributed by atoms with Crippen LogP contribution in [-0.2, 0) is 9.84 Å². The Bertz CT molecular complexity index is 639. The first-order valence-electron chi connectivity index (χ1n) is 7.82. The van der Waals surface area contributed by atoms with Crippen molar-refractivity contribution in [3.8, 4) is 0 Å². The second-order valence-electron chi connectivity index (χ2n) is 7.60. The SMILES string of the molecule is CC1(C)CCC(CN)(C2CS(=O)(=O)c3ccccc32)CC1. The van der Waals surface area contributed by atoms with Gasteiger partial charge in [-0.05, 0) is 54.7 Å². The highest BCUT2D eigenvalue weighted by Crippen LogP contribution is 2.55. The summed E-state index contributed by atoms with van der Waals surface area (Å²) in [7, 11) is -3.14. The van der Waals surface area contributed by atoms with E-state index < -0.39 is 9.84 Å². The molecule has 2 aliphatic rings. The van der Waals surface area contributed by atoms with Gasteiger partial charge in [0.2, 0.25) is 0 Å². The molecule has 1 aliphatic carbocycles. The molecule has 1 fully saturated rings. The maximum absolute atomic E-state index is 12.5. The molecule has 1 unspecified atom stereocenters. The number of sulfone groups is 1. The summed E-state index contributed by atoms with van der Waals surface area (Å²) in [4.78, 5) is 0.535. The van der Waals surface area contributed by atoms with Gasteiger partial charge >= 0.3 is 0 Å². The van der Waals surface area contributed by atoms with E-state index in [4.69, 9.17) is 5.73 Å². The lowest BCUT2D eigenvalue weighted by Crippen LogP contribution is -2.42. The molecule has 0 bridgehead atoms. The van der Waals surface area contributed by atoms with Crippen molar-refractivity contribution >= 4 is 9.84 Å².